The Morgan fingerprint density at radius 1 is 1.35 bits per heavy atom. The van der Waals surface area contributed by atoms with Gasteiger partial charge in [-0.3, -0.25) is 4.79 Å². The lowest BCUT2D eigenvalue weighted by Gasteiger charge is -2.27. The fourth-order valence-electron chi connectivity index (χ4n) is 1.88. The highest BCUT2D eigenvalue weighted by molar-refractivity contribution is 5.66. The molecule has 1 heterocycles. The average molecular weight is 232 g/mol. The highest BCUT2D eigenvalue weighted by Gasteiger charge is 2.23. The van der Waals surface area contributed by atoms with Gasteiger partial charge < -0.3 is 9.47 Å². The van der Waals surface area contributed by atoms with Crippen LogP contribution in [0.25, 0.3) is 0 Å². The van der Waals surface area contributed by atoms with Crippen LogP contribution in [0.1, 0.15) is 25.5 Å². The Bertz CT molecular complexity index is 422. The molecule has 2 atom stereocenters. The molecule has 0 saturated heterocycles. The molecule has 2 rings (SSSR count). The van der Waals surface area contributed by atoms with Crippen molar-refractivity contribution in [3.05, 3.63) is 47.5 Å². The summed E-state index contributed by atoms with van der Waals surface area (Å²) in [6, 6.07) is 10.0. The second-order valence-electron chi connectivity index (χ2n) is 4.17. The Morgan fingerprint density at radius 2 is 2.06 bits per heavy atom. The topological polar surface area (TPSA) is 35.5 Å². The summed E-state index contributed by atoms with van der Waals surface area (Å²) in [5, 5.41) is 0. The van der Waals surface area contributed by atoms with Gasteiger partial charge in [-0.2, -0.15) is 0 Å². The van der Waals surface area contributed by atoms with E-state index in [1.165, 1.54) is 6.92 Å². The summed E-state index contributed by atoms with van der Waals surface area (Å²) in [7, 11) is 0. The zero-order chi connectivity index (χ0) is 12.3. The summed E-state index contributed by atoms with van der Waals surface area (Å²) in [6.07, 6.45) is 1.72. The molecule has 90 valence electrons. The minimum Gasteiger partial charge on any atom is -0.456 e. The minimum atomic E-state index is -0.274. The van der Waals surface area contributed by atoms with Gasteiger partial charge in [0.2, 0.25) is 0 Å². The molecule has 1 aromatic carbocycles. The molecule has 0 amide bonds. The first-order chi connectivity index (χ1) is 8.16. The zero-order valence-corrected chi connectivity index (χ0v) is 10.1. The summed E-state index contributed by atoms with van der Waals surface area (Å²) < 4.78 is 10.8. The predicted molar refractivity (Wildman–Crippen MR) is 64.4 cm³/mol. The predicted octanol–water partition coefficient (Wildman–Crippen LogP) is 2.64. The van der Waals surface area contributed by atoms with E-state index in [1.54, 1.807) is 0 Å². The number of benzene rings is 1. The van der Waals surface area contributed by atoms with Crippen LogP contribution in [0.3, 0.4) is 0 Å². The van der Waals surface area contributed by atoms with E-state index in [1.807, 2.05) is 43.3 Å². The smallest absolute Gasteiger partial charge is 0.303 e. The van der Waals surface area contributed by atoms with Crippen molar-refractivity contribution in [3.63, 3.8) is 0 Å². The molecule has 1 aliphatic heterocycles. The first-order valence-electron chi connectivity index (χ1n) is 5.69. The Hall–Kier alpha value is -1.61. The van der Waals surface area contributed by atoms with Gasteiger partial charge in [-0.05, 0) is 24.1 Å². The van der Waals surface area contributed by atoms with Crippen LogP contribution >= 0.6 is 0 Å². The molecule has 0 spiro atoms. The molecule has 0 unspecified atom stereocenters. The largest absolute Gasteiger partial charge is 0.456 e. The van der Waals surface area contributed by atoms with E-state index in [0.29, 0.717) is 6.61 Å². The van der Waals surface area contributed by atoms with Crippen LogP contribution < -0.4 is 0 Å². The van der Waals surface area contributed by atoms with Crippen LogP contribution in [0, 0.1) is 0 Å². The van der Waals surface area contributed by atoms with Gasteiger partial charge >= 0.3 is 5.97 Å². The van der Waals surface area contributed by atoms with Crippen LogP contribution in [0.4, 0.5) is 0 Å². The molecule has 0 saturated carbocycles. The van der Waals surface area contributed by atoms with Crippen LogP contribution in [-0.4, -0.2) is 18.7 Å². The van der Waals surface area contributed by atoms with Gasteiger partial charge in [-0.15, -0.1) is 0 Å². The van der Waals surface area contributed by atoms with Gasteiger partial charge in [-0.1, -0.05) is 30.3 Å². The van der Waals surface area contributed by atoms with E-state index in [4.69, 9.17) is 9.47 Å². The van der Waals surface area contributed by atoms with Crippen molar-refractivity contribution in [1.82, 2.24) is 0 Å². The standard InChI is InChI=1S/C14H16O3/c1-10-8-13(12-6-4-3-5-7-12)16-9-14(10)17-11(2)15/h3-8,13-14H,9H2,1-2H3/t13-,14-/m0/s1. The summed E-state index contributed by atoms with van der Waals surface area (Å²) in [4.78, 5) is 10.9. The van der Waals surface area contributed by atoms with Crippen LogP contribution in [0.5, 0.6) is 0 Å². The van der Waals surface area contributed by atoms with Gasteiger partial charge in [0.15, 0.2) is 0 Å². The van der Waals surface area contributed by atoms with Crippen molar-refractivity contribution in [2.24, 2.45) is 0 Å². The lowest BCUT2D eigenvalue weighted by Crippen LogP contribution is -2.28. The fraction of sp³-hybridized carbons (Fsp3) is 0.357. The number of rotatable bonds is 2. The third-order valence-corrected chi connectivity index (χ3v) is 2.79. The first kappa shape index (κ1) is 11.9. The van der Waals surface area contributed by atoms with E-state index >= 15 is 0 Å². The number of ether oxygens (including phenoxy) is 2. The Labute approximate surface area is 101 Å². The molecule has 1 aliphatic rings. The van der Waals surface area contributed by atoms with Crippen molar-refractivity contribution in [2.75, 3.05) is 6.61 Å². The number of esters is 1. The number of carbonyl (C=O) groups excluding carboxylic acids is 1. The second kappa shape index (κ2) is 5.15. The third kappa shape index (κ3) is 2.94. The summed E-state index contributed by atoms with van der Waals surface area (Å²) in [6.45, 7) is 3.80. The Kier molecular flexibility index (Phi) is 3.59. The quantitative estimate of drug-likeness (QED) is 0.581. The maximum atomic E-state index is 10.9. The lowest BCUT2D eigenvalue weighted by atomic mass is 10.0. The van der Waals surface area contributed by atoms with Gasteiger partial charge in [0, 0.05) is 6.92 Å². The normalized spacial score (nSPS) is 24.0. The van der Waals surface area contributed by atoms with E-state index < -0.39 is 0 Å². The maximum absolute atomic E-state index is 10.9. The van der Waals surface area contributed by atoms with Gasteiger partial charge in [0.25, 0.3) is 0 Å². The fourth-order valence-corrected chi connectivity index (χ4v) is 1.88. The maximum Gasteiger partial charge on any atom is 0.303 e. The highest BCUT2D eigenvalue weighted by Crippen LogP contribution is 2.27. The second-order valence-corrected chi connectivity index (χ2v) is 4.17. The molecule has 0 aliphatic carbocycles. The monoisotopic (exact) mass is 232 g/mol. The van der Waals surface area contributed by atoms with Crippen molar-refractivity contribution in [1.29, 1.82) is 0 Å². The van der Waals surface area contributed by atoms with Crippen LogP contribution in [-0.2, 0) is 14.3 Å². The van der Waals surface area contributed by atoms with E-state index in [0.717, 1.165) is 11.1 Å². The molecule has 1 aromatic rings. The van der Waals surface area contributed by atoms with Gasteiger partial charge in [-0.25, -0.2) is 0 Å². The first-order valence-corrected chi connectivity index (χ1v) is 5.69. The third-order valence-electron chi connectivity index (χ3n) is 2.79. The highest BCUT2D eigenvalue weighted by atomic mass is 16.6. The molecule has 0 bridgehead atoms. The van der Waals surface area contributed by atoms with Gasteiger partial charge in [0.05, 0.1) is 6.61 Å². The Balaban J connectivity index is 2.11. The summed E-state index contributed by atoms with van der Waals surface area (Å²) in [5.41, 5.74) is 2.16. The Morgan fingerprint density at radius 3 is 2.65 bits per heavy atom. The minimum absolute atomic E-state index is 0.0389. The SMILES string of the molecule is CC(=O)O[C@H]1CO[C@H](c2ccccc2)C=C1C. The van der Waals surface area contributed by atoms with Crippen molar-refractivity contribution >= 4 is 5.97 Å². The van der Waals surface area contributed by atoms with E-state index in [2.05, 4.69) is 0 Å². The van der Waals surface area contributed by atoms with E-state index in [-0.39, 0.29) is 18.2 Å². The van der Waals surface area contributed by atoms with Crippen LogP contribution in [0.15, 0.2) is 42.0 Å². The van der Waals surface area contributed by atoms with Crippen LogP contribution in [0.2, 0.25) is 0 Å². The average Bonchev–Trinajstić information content (AvgIpc) is 2.32. The summed E-state index contributed by atoms with van der Waals surface area (Å²) in [5.74, 6) is -0.274. The summed E-state index contributed by atoms with van der Waals surface area (Å²) >= 11 is 0. The van der Waals surface area contributed by atoms with Gasteiger partial charge in [0.1, 0.15) is 12.2 Å². The zero-order valence-electron chi connectivity index (χ0n) is 10.1. The lowest BCUT2D eigenvalue weighted by molar-refractivity contribution is -0.148. The number of hydrogen-bond donors (Lipinski definition) is 0. The molecule has 0 radical (unpaired) electrons. The molecule has 0 aromatic heterocycles. The number of hydrogen-bond acceptors (Lipinski definition) is 3. The van der Waals surface area contributed by atoms with Crippen molar-refractivity contribution < 1.29 is 14.3 Å². The molecule has 17 heavy (non-hydrogen) atoms. The molecule has 3 heteroatoms. The molecule has 0 fully saturated rings. The molecular formula is C14H16O3. The van der Waals surface area contributed by atoms with Crippen molar-refractivity contribution in [2.45, 2.75) is 26.1 Å². The molecular weight excluding hydrogens is 216 g/mol. The molecule has 3 nitrogen and oxygen atoms in total. The van der Waals surface area contributed by atoms with E-state index in [9.17, 15) is 4.79 Å². The number of carbonyl (C=O) groups is 1. The van der Waals surface area contributed by atoms with Crippen molar-refractivity contribution in [3.8, 4) is 0 Å². The molecule has 0 N–H and O–H groups in total.